The van der Waals surface area contributed by atoms with Crippen molar-refractivity contribution in [3.05, 3.63) is 0 Å². The van der Waals surface area contributed by atoms with Crippen molar-refractivity contribution in [1.82, 2.24) is 10.2 Å². The number of nitrogens with zero attached hydrogens (tertiary/aromatic N) is 1. The summed E-state index contributed by atoms with van der Waals surface area (Å²) in [7, 11) is 2.20. The van der Waals surface area contributed by atoms with E-state index in [4.69, 9.17) is 0 Å². The van der Waals surface area contributed by atoms with Crippen LogP contribution in [0.4, 0.5) is 0 Å². The molecule has 1 heterocycles. The van der Waals surface area contributed by atoms with Crippen LogP contribution < -0.4 is 5.32 Å². The normalized spacial score (nSPS) is 35.4. The number of aliphatic hydroxyl groups excluding tert-OH is 1. The minimum Gasteiger partial charge on any atom is -0.393 e. The van der Waals surface area contributed by atoms with Crippen molar-refractivity contribution < 1.29 is 5.11 Å². The molecule has 0 aromatic heterocycles. The van der Waals surface area contributed by atoms with Gasteiger partial charge in [-0.3, -0.25) is 0 Å². The Morgan fingerprint density at radius 3 is 2.73 bits per heavy atom. The highest BCUT2D eigenvalue weighted by atomic mass is 16.3. The Morgan fingerprint density at radius 1 is 1.47 bits per heavy atom. The highest BCUT2D eigenvalue weighted by Gasteiger charge is 2.28. The van der Waals surface area contributed by atoms with Gasteiger partial charge in [0.2, 0.25) is 0 Å². The van der Waals surface area contributed by atoms with Crippen molar-refractivity contribution >= 4 is 0 Å². The van der Waals surface area contributed by atoms with Gasteiger partial charge in [0.1, 0.15) is 0 Å². The van der Waals surface area contributed by atoms with Crippen molar-refractivity contribution in [3.8, 4) is 0 Å². The molecular formula is C12H26N2O. The van der Waals surface area contributed by atoms with Crippen molar-refractivity contribution in [1.29, 1.82) is 0 Å². The van der Waals surface area contributed by atoms with Crippen LogP contribution in [0.1, 0.15) is 33.6 Å². The lowest BCUT2D eigenvalue weighted by atomic mass is 9.90. The first-order valence-corrected chi connectivity index (χ1v) is 6.12. The van der Waals surface area contributed by atoms with Gasteiger partial charge in [-0.05, 0) is 46.2 Å². The zero-order valence-corrected chi connectivity index (χ0v) is 10.5. The van der Waals surface area contributed by atoms with Gasteiger partial charge in [-0.2, -0.15) is 0 Å². The fourth-order valence-electron chi connectivity index (χ4n) is 2.30. The number of rotatable bonds is 4. The Morgan fingerprint density at radius 2 is 2.13 bits per heavy atom. The molecule has 0 aliphatic carbocycles. The second kappa shape index (κ2) is 5.83. The van der Waals surface area contributed by atoms with E-state index in [1.807, 2.05) is 6.92 Å². The summed E-state index contributed by atoms with van der Waals surface area (Å²) in [6.07, 6.45) is 1.89. The standard InChI is InChI=1S/C12H26N2O/c1-9-8-14(4)10(2)7-12(9)13-6-5-11(3)15/h9-13,15H,5-8H2,1-4H3/t9-,10+,11-,12-/m1/s1. The van der Waals surface area contributed by atoms with Crippen LogP contribution in [0.5, 0.6) is 0 Å². The molecule has 0 bridgehead atoms. The minimum absolute atomic E-state index is 0.184. The van der Waals surface area contributed by atoms with Crippen molar-refractivity contribution in [2.75, 3.05) is 20.1 Å². The van der Waals surface area contributed by atoms with Crippen LogP contribution in [0.2, 0.25) is 0 Å². The Labute approximate surface area is 93.9 Å². The predicted molar refractivity (Wildman–Crippen MR) is 64.0 cm³/mol. The van der Waals surface area contributed by atoms with E-state index in [1.165, 1.54) is 13.0 Å². The third-order valence-electron chi connectivity index (χ3n) is 3.58. The number of aliphatic hydroxyl groups is 1. The average Bonchev–Trinajstić information content (AvgIpc) is 2.13. The van der Waals surface area contributed by atoms with Gasteiger partial charge in [0.15, 0.2) is 0 Å². The number of likely N-dealkylation sites (tertiary alicyclic amines) is 1. The average molecular weight is 214 g/mol. The molecule has 0 aromatic carbocycles. The maximum Gasteiger partial charge on any atom is 0.0524 e. The highest BCUT2D eigenvalue weighted by Crippen LogP contribution is 2.20. The third kappa shape index (κ3) is 4.09. The zero-order valence-electron chi connectivity index (χ0n) is 10.5. The molecule has 3 heteroatoms. The summed E-state index contributed by atoms with van der Waals surface area (Å²) in [5.41, 5.74) is 0. The lowest BCUT2D eigenvalue weighted by Crippen LogP contribution is -2.51. The van der Waals surface area contributed by atoms with Crippen LogP contribution in [-0.2, 0) is 0 Å². The van der Waals surface area contributed by atoms with Crippen molar-refractivity contribution in [2.24, 2.45) is 5.92 Å². The summed E-state index contributed by atoms with van der Waals surface area (Å²) in [5.74, 6) is 0.709. The molecular weight excluding hydrogens is 188 g/mol. The monoisotopic (exact) mass is 214 g/mol. The van der Waals surface area contributed by atoms with Crippen LogP contribution in [-0.4, -0.2) is 48.3 Å². The van der Waals surface area contributed by atoms with Gasteiger partial charge in [0.25, 0.3) is 0 Å². The fourth-order valence-corrected chi connectivity index (χ4v) is 2.30. The Balaban J connectivity index is 2.28. The topological polar surface area (TPSA) is 35.5 Å². The van der Waals surface area contributed by atoms with Crippen LogP contribution in [0.3, 0.4) is 0 Å². The first-order chi connectivity index (χ1) is 7.00. The Hall–Kier alpha value is -0.120. The molecule has 1 aliphatic heterocycles. The molecule has 90 valence electrons. The number of hydrogen-bond donors (Lipinski definition) is 2. The van der Waals surface area contributed by atoms with E-state index in [-0.39, 0.29) is 6.10 Å². The smallest absolute Gasteiger partial charge is 0.0524 e. The van der Waals surface area contributed by atoms with Gasteiger partial charge in [0, 0.05) is 18.6 Å². The lowest BCUT2D eigenvalue weighted by Gasteiger charge is -2.40. The van der Waals surface area contributed by atoms with E-state index >= 15 is 0 Å². The van der Waals surface area contributed by atoms with Gasteiger partial charge in [-0.25, -0.2) is 0 Å². The van der Waals surface area contributed by atoms with E-state index < -0.39 is 0 Å². The summed E-state index contributed by atoms with van der Waals surface area (Å²) >= 11 is 0. The summed E-state index contributed by atoms with van der Waals surface area (Å²) in [6.45, 7) is 8.55. The summed E-state index contributed by atoms with van der Waals surface area (Å²) in [5, 5.41) is 12.8. The van der Waals surface area contributed by atoms with E-state index in [0.717, 1.165) is 13.0 Å². The number of nitrogens with one attached hydrogen (secondary N) is 1. The SMILES string of the molecule is C[C@@H]1CN(C)[C@@H](C)C[C@H]1NCC[C@@H](C)O. The molecule has 1 aliphatic rings. The van der Waals surface area contributed by atoms with Crippen molar-refractivity contribution in [3.63, 3.8) is 0 Å². The molecule has 0 aromatic rings. The molecule has 0 spiro atoms. The molecule has 0 saturated carbocycles. The molecule has 1 rings (SSSR count). The lowest BCUT2D eigenvalue weighted by molar-refractivity contribution is 0.117. The van der Waals surface area contributed by atoms with Crippen LogP contribution in [0.25, 0.3) is 0 Å². The molecule has 4 atom stereocenters. The second-order valence-corrected chi connectivity index (χ2v) is 5.20. The molecule has 1 saturated heterocycles. The van der Waals surface area contributed by atoms with E-state index in [9.17, 15) is 5.11 Å². The molecule has 0 unspecified atom stereocenters. The van der Waals surface area contributed by atoms with Gasteiger partial charge < -0.3 is 15.3 Å². The maximum atomic E-state index is 9.19. The largest absolute Gasteiger partial charge is 0.393 e. The predicted octanol–water partition coefficient (Wildman–Crippen LogP) is 1.08. The molecule has 0 amide bonds. The Kier molecular flexibility index (Phi) is 5.03. The first-order valence-electron chi connectivity index (χ1n) is 6.12. The number of hydrogen-bond acceptors (Lipinski definition) is 3. The van der Waals surface area contributed by atoms with Crippen LogP contribution in [0, 0.1) is 5.92 Å². The van der Waals surface area contributed by atoms with E-state index in [0.29, 0.717) is 18.0 Å². The van der Waals surface area contributed by atoms with Gasteiger partial charge in [-0.15, -0.1) is 0 Å². The quantitative estimate of drug-likeness (QED) is 0.735. The third-order valence-corrected chi connectivity index (χ3v) is 3.58. The molecule has 2 N–H and O–H groups in total. The van der Waals surface area contributed by atoms with E-state index in [1.54, 1.807) is 0 Å². The summed E-state index contributed by atoms with van der Waals surface area (Å²) < 4.78 is 0. The maximum absolute atomic E-state index is 9.19. The zero-order chi connectivity index (χ0) is 11.4. The minimum atomic E-state index is -0.184. The summed E-state index contributed by atoms with van der Waals surface area (Å²) in [6, 6.07) is 1.29. The summed E-state index contributed by atoms with van der Waals surface area (Å²) in [4.78, 5) is 2.43. The van der Waals surface area contributed by atoms with Crippen LogP contribution >= 0.6 is 0 Å². The van der Waals surface area contributed by atoms with E-state index in [2.05, 4.69) is 31.1 Å². The van der Waals surface area contributed by atoms with Gasteiger partial charge >= 0.3 is 0 Å². The first kappa shape index (κ1) is 12.9. The van der Waals surface area contributed by atoms with Crippen molar-refractivity contribution in [2.45, 2.75) is 51.8 Å². The molecule has 0 radical (unpaired) electrons. The molecule has 3 nitrogen and oxygen atoms in total. The van der Waals surface area contributed by atoms with Crippen LogP contribution in [0.15, 0.2) is 0 Å². The second-order valence-electron chi connectivity index (χ2n) is 5.20. The highest BCUT2D eigenvalue weighted by molar-refractivity contribution is 4.85. The Bertz CT molecular complexity index is 184. The fraction of sp³-hybridized carbons (Fsp3) is 1.00. The number of piperidine rings is 1. The molecule has 15 heavy (non-hydrogen) atoms. The van der Waals surface area contributed by atoms with Gasteiger partial charge in [0.05, 0.1) is 6.10 Å². The molecule has 1 fully saturated rings. The van der Waals surface area contributed by atoms with Gasteiger partial charge in [-0.1, -0.05) is 6.92 Å².